The van der Waals surface area contributed by atoms with Crippen LogP contribution in [0.4, 0.5) is 0 Å². The number of nitrogens with zero attached hydrogens (tertiary/aromatic N) is 2. The second-order valence-electron chi connectivity index (χ2n) is 5.03. The van der Waals surface area contributed by atoms with Crippen LogP contribution in [-0.2, 0) is 11.2 Å². The Morgan fingerprint density at radius 1 is 1.59 bits per heavy atom. The molecule has 5 heteroatoms. The van der Waals surface area contributed by atoms with E-state index >= 15 is 0 Å². The van der Waals surface area contributed by atoms with E-state index in [1.165, 1.54) is 0 Å². The van der Waals surface area contributed by atoms with Crippen molar-refractivity contribution in [3.05, 3.63) is 23.5 Å². The van der Waals surface area contributed by atoms with Crippen molar-refractivity contribution in [3.63, 3.8) is 0 Å². The number of imidazole rings is 1. The average molecular weight is 251 g/mol. The third-order valence-electron chi connectivity index (χ3n) is 2.57. The van der Waals surface area contributed by atoms with E-state index in [-0.39, 0.29) is 11.3 Å². The molecular formula is C12H17N3OS. The Bertz CT molecular complexity index is 493. The first-order chi connectivity index (χ1) is 7.94. The molecule has 0 unspecified atom stereocenters. The average Bonchev–Trinajstić information content (AvgIpc) is 2.73. The summed E-state index contributed by atoms with van der Waals surface area (Å²) in [6, 6.07) is 0. The van der Waals surface area contributed by atoms with Crippen LogP contribution < -0.4 is 5.73 Å². The fraction of sp³-hybridized carbons (Fsp3) is 0.500. The van der Waals surface area contributed by atoms with Crippen molar-refractivity contribution >= 4 is 22.1 Å². The molecule has 0 fully saturated rings. The Morgan fingerprint density at radius 2 is 2.35 bits per heavy atom. The molecule has 2 aromatic heterocycles. The number of ketones is 1. The van der Waals surface area contributed by atoms with E-state index in [4.69, 9.17) is 5.73 Å². The Labute approximate surface area is 104 Å². The zero-order valence-electron chi connectivity index (χ0n) is 10.1. The summed E-state index contributed by atoms with van der Waals surface area (Å²) in [6.45, 7) is 3.87. The van der Waals surface area contributed by atoms with Gasteiger partial charge >= 0.3 is 0 Å². The van der Waals surface area contributed by atoms with Crippen molar-refractivity contribution in [2.75, 3.05) is 0 Å². The summed E-state index contributed by atoms with van der Waals surface area (Å²) in [4.78, 5) is 17.1. The summed E-state index contributed by atoms with van der Waals surface area (Å²) in [5, 5.41) is 1.98. The van der Waals surface area contributed by atoms with Gasteiger partial charge in [-0.3, -0.25) is 9.20 Å². The van der Waals surface area contributed by atoms with Crippen LogP contribution in [0.5, 0.6) is 0 Å². The molecule has 2 rings (SSSR count). The van der Waals surface area contributed by atoms with Gasteiger partial charge in [0.1, 0.15) is 5.78 Å². The number of fused-ring (bicyclic) bond motifs is 1. The molecule has 0 aliphatic carbocycles. The lowest BCUT2D eigenvalue weighted by atomic mass is 9.97. The molecular weight excluding hydrogens is 234 g/mol. The van der Waals surface area contributed by atoms with Gasteiger partial charge in [0.25, 0.3) is 0 Å². The monoisotopic (exact) mass is 251 g/mol. The van der Waals surface area contributed by atoms with Crippen molar-refractivity contribution in [2.45, 2.75) is 38.6 Å². The highest BCUT2D eigenvalue weighted by atomic mass is 32.1. The Balaban J connectivity index is 1.92. The van der Waals surface area contributed by atoms with Gasteiger partial charge < -0.3 is 5.73 Å². The van der Waals surface area contributed by atoms with Crippen LogP contribution in [0.25, 0.3) is 4.96 Å². The number of Topliss-reactive ketones (excluding diaryl/α,β-unsaturated/α-hetero) is 1. The summed E-state index contributed by atoms with van der Waals surface area (Å²) in [7, 11) is 0. The molecule has 0 aliphatic rings. The zero-order chi connectivity index (χ0) is 12.5. The van der Waals surface area contributed by atoms with Gasteiger partial charge in [0, 0.05) is 29.7 Å². The fourth-order valence-corrected chi connectivity index (χ4v) is 2.33. The van der Waals surface area contributed by atoms with Gasteiger partial charge in [0.2, 0.25) is 0 Å². The molecule has 0 aliphatic heterocycles. The van der Waals surface area contributed by atoms with E-state index in [1.54, 1.807) is 11.3 Å². The third-order valence-corrected chi connectivity index (χ3v) is 3.34. The molecule has 0 saturated carbocycles. The number of hydrogen-bond donors (Lipinski definition) is 1. The number of carbonyl (C=O) groups excluding carboxylic acids is 1. The SMILES string of the molecule is CC(C)(N)CCC(=O)Cc1cn2ccsc2n1. The van der Waals surface area contributed by atoms with E-state index in [0.29, 0.717) is 19.3 Å². The highest BCUT2D eigenvalue weighted by Crippen LogP contribution is 2.13. The van der Waals surface area contributed by atoms with E-state index in [1.807, 2.05) is 36.0 Å². The summed E-state index contributed by atoms with van der Waals surface area (Å²) >= 11 is 1.57. The summed E-state index contributed by atoms with van der Waals surface area (Å²) in [6.07, 6.45) is 5.51. The summed E-state index contributed by atoms with van der Waals surface area (Å²) in [5.41, 5.74) is 6.42. The molecule has 0 radical (unpaired) electrons. The van der Waals surface area contributed by atoms with Gasteiger partial charge in [-0.05, 0) is 20.3 Å². The van der Waals surface area contributed by atoms with Crippen LogP contribution in [0.1, 0.15) is 32.4 Å². The predicted octanol–water partition coefficient (Wildman–Crippen LogP) is 2.02. The Kier molecular flexibility index (Phi) is 3.31. The van der Waals surface area contributed by atoms with Crippen molar-refractivity contribution in [2.24, 2.45) is 5.73 Å². The van der Waals surface area contributed by atoms with Gasteiger partial charge in [-0.2, -0.15) is 0 Å². The molecule has 17 heavy (non-hydrogen) atoms. The topological polar surface area (TPSA) is 60.4 Å². The quantitative estimate of drug-likeness (QED) is 0.884. The van der Waals surface area contributed by atoms with Crippen molar-refractivity contribution in [1.29, 1.82) is 0 Å². The maximum absolute atomic E-state index is 11.8. The van der Waals surface area contributed by atoms with Gasteiger partial charge in [-0.1, -0.05) is 0 Å². The minimum Gasteiger partial charge on any atom is -0.326 e. The first-order valence-electron chi connectivity index (χ1n) is 5.66. The van der Waals surface area contributed by atoms with E-state index < -0.39 is 0 Å². The molecule has 0 spiro atoms. The Morgan fingerprint density at radius 3 is 3.00 bits per heavy atom. The lowest BCUT2D eigenvalue weighted by Gasteiger charge is -2.17. The molecule has 0 bridgehead atoms. The molecule has 2 heterocycles. The molecule has 0 saturated heterocycles. The van der Waals surface area contributed by atoms with Gasteiger partial charge in [-0.15, -0.1) is 11.3 Å². The fourth-order valence-electron chi connectivity index (χ4n) is 1.61. The van der Waals surface area contributed by atoms with E-state index in [9.17, 15) is 4.79 Å². The first-order valence-corrected chi connectivity index (χ1v) is 6.54. The lowest BCUT2D eigenvalue weighted by Crippen LogP contribution is -2.32. The molecule has 2 aromatic rings. The van der Waals surface area contributed by atoms with Crippen LogP contribution in [0.3, 0.4) is 0 Å². The molecule has 4 nitrogen and oxygen atoms in total. The number of nitrogens with two attached hydrogens (primary N) is 1. The summed E-state index contributed by atoms with van der Waals surface area (Å²) in [5.74, 6) is 0.203. The minimum atomic E-state index is -0.274. The maximum atomic E-state index is 11.8. The maximum Gasteiger partial charge on any atom is 0.193 e. The number of rotatable bonds is 5. The number of aromatic nitrogens is 2. The van der Waals surface area contributed by atoms with Crippen molar-refractivity contribution in [3.8, 4) is 0 Å². The van der Waals surface area contributed by atoms with Crippen molar-refractivity contribution < 1.29 is 4.79 Å². The second kappa shape index (κ2) is 4.58. The standard InChI is InChI=1S/C12H17N3OS/c1-12(2,13)4-3-10(16)7-9-8-15-5-6-17-11(15)14-9/h5-6,8H,3-4,7,13H2,1-2H3. The zero-order valence-corrected chi connectivity index (χ0v) is 11.0. The van der Waals surface area contributed by atoms with Crippen LogP contribution in [0.15, 0.2) is 17.8 Å². The highest BCUT2D eigenvalue weighted by Gasteiger charge is 2.14. The van der Waals surface area contributed by atoms with Crippen LogP contribution in [-0.4, -0.2) is 20.7 Å². The third kappa shape index (κ3) is 3.38. The molecule has 0 amide bonds. The molecule has 0 atom stereocenters. The van der Waals surface area contributed by atoms with Gasteiger partial charge in [-0.25, -0.2) is 4.98 Å². The molecule has 0 aromatic carbocycles. The van der Waals surface area contributed by atoms with E-state index in [2.05, 4.69) is 4.98 Å². The molecule has 2 N–H and O–H groups in total. The highest BCUT2D eigenvalue weighted by molar-refractivity contribution is 7.15. The van der Waals surface area contributed by atoms with Crippen LogP contribution in [0, 0.1) is 0 Å². The first kappa shape index (κ1) is 12.3. The number of thiazole rings is 1. The Hall–Kier alpha value is -1.20. The normalized spacial score (nSPS) is 12.2. The minimum absolute atomic E-state index is 0.203. The van der Waals surface area contributed by atoms with Gasteiger partial charge in [0.15, 0.2) is 4.96 Å². The van der Waals surface area contributed by atoms with Crippen molar-refractivity contribution in [1.82, 2.24) is 9.38 Å². The lowest BCUT2D eigenvalue weighted by molar-refractivity contribution is -0.118. The van der Waals surface area contributed by atoms with E-state index in [0.717, 1.165) is 10.7 Å². The number of carbonyl (C=O) groups is 1. The summed E-state index contributed by atoms with van der Waals surface area (Å²) < 4.78 is 1.94. The molecule has 92 valence electrons. The second-order valence-corrected chi connectivity index (χ2v) is 5.90. The predicted molar refractivity (Wildman–Crippen MR) is 69.3 cm³/mol. The van der Waals surface area contributed by atoms with Gasteiger partial charge in [0.05, 0.1) is 12.1 Å². The smallest absolute Gasteiger partial charge is 0.193 e. The van der Waals surface area contributed by atoms with Crippen LogP contribution in [0.2, 0.25) is 0 Å². The van der Waals surface area contributed by atoms with Crippen LogP contribution >= 0.6 is 11.3 Å². The number of hydrogen-bond acceptors (Lipinski definition) is 4. The largest absolute Gasteiger partial charge is 0.326 e.